The molecule has 8 aromatic carbocycles. The summed E-state index contributed by atoms with van der Waals surface area (Å²) in [5.74, 6) is 0. The standard InChI is InChI=1S/2C25H24BN2O.C24H22BN2O.2C23H21BN3O/c1-17-15-27(3)23(14-21(17)19-10-6-5-7-11-19)26-25-24(18(2)16-28(26)4)20-12-8-9-13-22(20)29-25;1-17-14-23(27(3)16-21(17)19-10-6-5-7-11-19)26-25-24(18(2)15-28(26)4)20-12-8-9-13-22(20)29-25;1-17-15-23(26(2)16-21(17)18-9-5-4-6-10-18)25-24-20(13-14-27(25)3)19-11-7-8-12-22(19)28-24;1-16-15-26(2)21(14-20(16)17-8-5-4-6-9-17)24-22-18(11-13-27(24)3)19-10-7-12-25-23(19)28-22;1-16-15-27(3)24(22-21(16)19-10-7-12-25-23(19)28-22)20-14-18(11-13-26(20)2)17-8-5-4-6-9-17/h2*5-16H,1-4H3;4-16H,1-3H3;2*4-15H,1-3H3/q5*+1/i1D3,2D3;2D3;;2*1D3. The minimum Gasteiger partial charge on any atom is -0.467 e. The zero-order valence-electron chi connectivity index (χ0n) is 96.0. The zero-order chi connectivity index (χ0) is 110. The molecular formula is C120H112B5N12O5+5. The van der Waals surface area contributed by atoms with Gasteiger partial charge >= 0.3 is 34.2 Å². The van der Waals surface area contributed by atoms with Crippen LogP contribution in [0.3, 0.4) is 0 Å². The summed E-state index contributed by atoms with van der Waals surface area (Å²) in [5, 5.41) is 4.44. The number of furan rings is 5. The van der Waals surface area contributed by atoms with Crippen molar-refractivity contribution < 1.29 is 65.5 Å². The summed E-state index contributed by atoms with van der Waals surface area (Å²) in [6.45, 7) is -8.24. The Hall–Kier alpha value is -16.5. The van der Waals surface area contributed by atoms with Crippen molar-refractivity contribution in [2.45, 2.75) is 48.1 Å². The average Bonchev–Trinajstić information content (AvgIpc) is 1.60. The van der Waals surface area contributed by atoms with Crippen LogP contribution in [0.1, 0.15) is 91.2 Å². The van der Waals surface area contributed by atoms with Gasteiger partial charge in [0.2, 0.25) is 11.4 Å². The van der Waals surface area contributed by atoms with E-state index in [1.807, 2.05) is 279 Å². The number of fused-ring (bicyclic) bond motifs is 15. The van der Waals surface area contributed by atoms with Crippen molar-refractivity contribution in [3.05, 3.63) is 410 Å². The first-order chi connectivity index (χ1) is 75.0. The van der Waals surface area contributed by atoms with Gasteiger partial charge in [0.1, 0.15) is 80.3 Å². The van der Waals surface area contributed by atoms with E-state index in [4.69, 9.17) is 42.6 Å². The van der Waals surface area contributed by atoms with Gasteiger partial charge < -0.3 is 46.1 Å². The largest absolute Gasteiger partial charge is 0.467 e. The van der Waals surface area contributed by atoms with E-state index in [0.29, 0.717) is 78.5 Å². The summed E-state index contributed by atoms with van der Waals surface area (Å²) in [6.07, 6.45) is 26.6. The first-order valence-corrected chi connectivity index (χ1v) is 47.3. The van der Waals surface area contributed by atoms with Crippen molar-refractivity contribution in [2.75, 3.05) is 35.2 Å². The van der Waals surface area contributed by atoms with Crippen molar-refractivity contribution in [1.29, 1.82) is 0 Å². The molecule has 25 rings (SSSR count). The van der Waals surface area contributed by atoms with Gasteiger partial charge in [0.15, 0.2) is 59.0 Å². The predicted molar refractivity (Wildman–Crippen MR) is 584 cm³/mol. The van der Waals surface area contributed by atoms with Gasteiger partial charge in [-0.05, 0) is 241 Å². The molecule has 0 spiro atoms. The highest BCUT2D eigenvalue weighted by molar-refractivity contribution is 6.84. The molecule has 5 aliphatic heterocycles. The van der Waals surface area contributed by atoms with Crippen LogP contribution in [0.15, 0.2) is 382 Å². The first-order valence-electron chi connectivity index (χ1n) is 54.8. The quantitative estimate of drug-likeness (QED) is 0.0955. The molecule has 12 aromatic heterocycles. The normalized spacial score (nSPS) is 15.5. The summed E-state index contributed by atoms with van der Waals surface area (Å²) in [7, 11) is 19.5. The fraction of sp³-hybridized carbons (Fsp3) is 0.142. The van der Waals surface area contributed by atoms with Gasteiger partial charge in [0.25, 0.3) is 0 Å². The van der Waals surface area contributed by atoms with E-state index in [1.54, 1.807) is 61.1 Å². The Labute approximate surface area is 853 Å². The van der Waals surface area contributed by atoms with E-state index in [2.05, 4.69) is 172 Å². The molecule has 0 saturated heterocycles. The van der Waals surface area contributed by atoms with Gasteiger partial charge in [-0.15, -0.1) is 0 Å². The van der Waals surface area contributed by atoms with Crippen molar-refractivity contribution in [3.8, 4) is 55.6 Å². The number of pyridine rings is 7. The molecular weight excluding hydrogens is 1740 g/mol. The predicted octanol–water partition coefficient (Wildman–Crippen LogP) is 15.9. The lowest BCUT2D eigenvalue weighted by molar-refractivity contribution is -0.654. The van der Waals surface area contributed by atoms with E-state index >= 15 is 0 Å². The number of aromatic nitrogens is 7. The molecule has 0 radical (unpaired) electrons. The highest BCUT2D eigenvalue weighted by Crippen LogP contribution is 2.36. The monoisotopic (exact) mass is 1870 g/mol. The molecule has 0 N–H and O–H groups in total. The van der Waals surface area contributed by atoms with E-state index < -0.39 is 41.1 Å². The fourth-order valence-electron chi connectivity index (χ4n) is 20.7. The highest BCUT2D eigenvalue weighted by Gasteiger charge is 2.47. The Morgan fingerprint density at radius 2 is 0.599 bits per heavy atom. The van der Waals surface area contributed by atoms with Gasteiger partial charge in [0, 0.05) is 146 Å². The van der Waals surface area contributed by atoms with Crippen LogP contribution >= 0.6 is 0 Å². The summed E-state index contributed by atoms with van der Waals surface area (Å²) in [6, 6.07) is 93.6. The Bertz CT molecular complexity index is 9070. The van der Waals surface area contributed by atoms with Crippen LogP contribution in [0.5, 0.6) is 0 Å². The van der Waals surface area contributed by atoms with E-state index in [1.165, 1.54) is 38.8 Å². The molecule has 22 heteroatoms. The van der Waals surface area contributed by atoms with Gasteiger partial charge in [-0.3, -0.25) is 0 Å². The second-order valence-electron chi connectivity index (χ2n) is 37.0. The molecule has 0 atom stereocenters. The lowest BCUT2D eigenvalue weighted by atomic mass is 9.51. The molecule has 0 bridgehead atoms. The van der Waals surface area contributed by atoms with Crippen molar-refractivity contribution in [2.24, 2.45) is 35.2 Å². The van der Waals surface area contributed by atoms with Crippen molar-refractivity contribution in [3.63, 3.8) is 0 Å². The molecule has 0 amide bonds. The average molecular weight is 1870 g/mol. The zero-order valence-corrected chi connectivity index (χ0v) is 81.0. The van der Waals surface area contributed by atoms with Crippen molar-refractivity contribution >= 4 is 174 Å². The Balaban J connectivity index is 0.000000114. The second kappa shape index (κ2) is 38.4. The minimum atomic E-state index is -2.33. The molecule has 0 saturated carbocycles. The number of para-hydroxylation sites is 3. The molecule has 692 valence electrons. The third-order valence-electron chi connectivity index (χ3n) is 27.7. The minimum absolute atomic E-state index is 0.0425. The summed E-state index contributed by atoms with van der Waals surface area (Å²) < 4.78 is 163. The van der Waals surface area contributed by atoms with E-state index in [-0.39, 0.29) is 44.1 Å². The van der Waals surface area contributed by atoms with Crippen LogP contribution < -0.4 is 79.1 Å². The van der Waals surface area contributed by atoms with Crippen LogP contribution in [-0.2, 0) is 35.2 Å². The summed E-state index contributed by atoms with van der Waals surface area (Å²) >= 11 is 0. The van der Waals surface area contributed by atoms with Gasteiger partial charge in [-0.1, -0.05) is 206 Å². The molecule has 0 unspecified atom stereocenters. The third kappa shape index (κ3) is 17.1. The van der Waals surface area contributed by atoms with Crippen LogP contribution in [-0.4, -0.2) is 103 Å². The number of allylic oxidation sites excluding steroid dienone is 3. The molecule has 5 aliphatic rings. The number of rotatable bonds is 10. The van der Waals surface area contributed by atoms with Gasteiger partial charge in [-0.25, -0.2) is 32.8 Å². The maximum atomic E-state index is 8.15. The first kappa shape index (κ1) is 75.5. The Morgan fingerprint density at radius 1 is 0.275 bits per heavy atom. The maximum Gasteiger partial charge on any atom is 0.443 e. The number of hydrogen-bond donors (Lipinski definition) is 0. The maximum absolute atomic E-state index is 8.15. The molecule has 0 fully saturated rings. The molecule has 17 heterocycles. The SMILES string of the molecule is Cc1cc(B2c3oc4ccccc4c3C=CN2C)[n+](C)cc1-c1ccccc1.[2H]C([2H])([2H])C1=CN(C)B(c2cc(-c3ccccc3)c(C([2H])([2H])[2H])c[n+]2C)c2oc3ccccc3c21.[2H]C([2H])([2H])C1=CN(C)B(c2cc(-c3ccccc3)cc[n+]2C)c2oc3ncccc3c21.[2H]C([2H])([2H])C1=CN(C)B(c2cc(C)c(-c3ccccc3)c[n+]2C)c2oc3ccccc3c21.[2H]C([2H])([2H])c1c[n+](C)c(B2c3oc4ncccc4c3C=CN2C)cc1-c1ccccc1. The number of hydrogen-bond acceptors (Lipinski definition) is 12. The van der Waals surface area contributed by atoms with Gasteiger partial charge in [-0.2, -0.15) is 0 Å². The van der Waals surface area contributed by atoms with Crippen LogP contribution in [0.2, 0.25) is 0 Å². The lowest BCUT2D eigenvalue weighted by Gasteiger charge is -2.26. The van der Waals surface area contributed by atoms with Crippen molar-refractivity contribution in [1.82, 2.24) is 34.0 Å². The van der Waals surface area contributed by atoms with Gasteiger partial charge in [0.05, 0.1) is 0 Å². The number of nitrogens with zero attached hydrogens (tertiary/aromatic N) is 12. The lowest BCUT2D eigenvalue weighted by Crippen LogP contribution is -2.65. The second-order valence-corrected chi connectivity index (χ2v) is 37.0. The van der Waals surface area contributed by atoms with E-state index in [0.717, 1.165) is 99.8 Å². The topological polar surface area (TPSA) is 127 Å². The summed E-state index contributed by atoms with van der Waals surface area (Å²) in [5.41, 5.74) is 29.7. The molecule has 17 nitrogen and oxygen atoms in total. The van der Waals surface area contributed by atoms with Crippen LogP contribution in [0.4, 0.5) is 0 Å². The number of aryl methyl sites for hydroxylation is 9. The molecule has 20 aromatic rings. The van der Waals surface area contributed by atoms with Crippen LogP contribution in [0.25, 0.3) is 140 Å². The third-order valence-corrected chi connectivity index (χ3v) is 27.7. The van der Waals surface area contributed by atoms with Crippen LogP contribution in [0, 0.1) is 27.6 Å². The smallest absolute Gasteiger partial charge is 0.443 e. The Morgan fingerprint density at radius 3 is 1.04 bits per heavy atom. The highest BCUT2D eigenvalue weighted by atomic mass is 16.4. The summed E-state index contributed by atoms with van der Waals surface area (Å²) in [4.78, 5) is 18.7. The Kier molecular flexibility index (Phi) is 20.4. The van der Waals surface area contributed by atoms with E-state index in [9.17, 15) is 0 Å². The number of benzene rings is 8. The fourth-order valence-corrected chi connectivity index (χ4v) is 20.7. The molecule has 0 aliphatic carbocycles. The molecule has 142 heavy (non-hydrogen) atoms.